The lowest BCUT2D eigenvalue weighted by molar-refractivity contribution is -0.384. The molecule has 110 valence electrons. The maximum Gasteiger partial charge on any atom is 0.311 e. The van der Waals surface area contributed by atoms with Crippen LogP contribution in [0.5, 0.6) is 0 Å². The molecule has 21 heavy (non-hydrogen) atoms. The molecule has 0 spiro atoms. The van der Waals surface area contributed by atoms with E-state index in [-0.39, 0.29) is 16.7 Å². The van der Waals surface area contributed by atoms with Gasteiger partial charge in [-0.15, -0.1) is 0 Å². The highest BCUT2D eigenvalue weighted by molar-refractivity contribution is 5.96. The van der Waals surface area contributed by atoms with Gasteiger partial charge in [-0.1, -0.05) is 18.2 Å². The summed E-state index contributed by atoms with van der Waals surface area (Å²) in [5.74, 6) is 0. The minimum absolute atomic E-state index is 0.0639. The molecule has 1 aromatic heterocycles. The third-order valence-electron chi connectivity index (χ3n) is 4.11. The monoisotopic (exact) mass is 286 g/mol. The average Bonchev–Trinajstić information content (AvgIpc) is 2.53. The molecule has 1 fully saturated rings. The molecule has 6 nitrogen and oxygen atoms in total. The third kappa shape index (κ3) is 2.42. The van der Waals surface area contributed by atoms with Crippen LogP contribution >= 0.6 is 0 Å². The van der Waals surface area contributed by atoms with Crippen LogP contribution in [0.1, 0.15) is 19.3 Å². The van der Waals surface area contributed by atoms with Gasteiger partial charge in [0.15, 0.2) is 0 Å². The van der Waals surface area contributed by atoms with Crippen LogP contribution in [-0.4, -0.2) is 29.0 Å². The molecule has 1 aromatic carbocycles. The van der Waals surface area contributed by atoms with Gasteiger partial charge in [-0.25, -0.2) is 4.98 Å². The topological polar surface area (TPSA) is 85.3 Å². The Labute approximate surface area is 122 Å². The second-order valence-corrected chi connectivity index (χ2v) is 5.35. The molecule has 1 atom stereocenters. The van der Waals surface area contributed by atoms with Crippen molar-refractivity contribution in [2.24, 2.45) is 5.73 Å². The van der Waals surface area contributed by atoms with E-state index in [0.29, 0.717) is 12.2 Å². The number of pyridine rings is 1. The fraction of sp³-hybridized carbons (Fsp3) is 0.400. The Balaban J connectivity index is 2.22. The second kappa shape index (κ2) is 5.65. The summed E-state index contributed by atoms with van der Waals surface area (Å²) < 4.78 is 0. The summed E-state index contributed by atoms with van der Waals surface area (Å²) >= 11 is 0. The molecular weight excluding hydrogens is 268 g/mol. The summed E-state index contributed by atoms with van der Waals surface area (Å²) in [4.78, 5) is 17.4. The normalized spacial score (nSPS) is 18.9. The van der Waals surface area contributed by atoms with Gasteiger partial charge in [0, 0.05) is 24.5 Å². The van der Waals surface area contributed by atoms with E-state index in [1.165, 1.54) is 6.20 Å². The van der Waals surface area contributed by atoms with Gasteiger partial charge in [0.1, 0.15) is 11.9 Å². The third-order valence-corrected chi connectivity index (χ3v) is 4.11. The van der Waals surface area contributed by atoms with Crippen molar-refractivity contribution in [1.29, 1.82) is 0 Å². The Hall–Kier alpha value is -2.21. The van der Waals surface area contributed by atoms with Crippen LogP contribution in [0.4, 0.5) is 11.4 Å². The minimum atomic E-state index is -0.350. The van der Waals surface area contributed by atoms with Gasteiger partial charge in [0.05, 0.1) is 10.4 Å². The van der Waals surface area contributed by atoms with Crippen LogP contribution in [0.15, 0.2) is 30.5 Å². The first kappa shape index (κ1) is 13.8. The van der Waals surface area contributed by atoms with Gasteiger partial charge in [0.2, 0.25) is 0 Å². The summed E-state index contributed by atoms with van der Waals surface area (Å²) in [5.41, 5.74) is 7.38. The van der Waals surface area contributed by atoms with Crippen molar-refractivity contribution in [3.8, 4) is 0 Å². The summed E-state index contributed by atoms with van der Waals surface area (Å²) in [6, 6.07) is 7.71. The SMILES string of the molecule is NCC1CCCCN1c1c([N+](=O)[O-])cnc2ccccc12. The zero-order chi connectivity index (χ0) is 14.8. The fourth-order valence-electron chi connectivity index (χ4n) is 3.09. The number of nitrogens with two attached hydrogens (primary N) is 1. The van der Waals surface area contributed by atoms with E-state index in [9.17, 15) is 10.1 Å². The number of hydrogen-bond acceptors (Lipinski definition) is 5. The number of hydrogen-bond donors (Lipinski definition) is 1. The molecule has 1 saturated heterocycles. The Morgan fingerprint density at radius 1 is 1.38 bits per heavy atom. The average molecular weight is 286 g/mol. The number of rotatable bonds is 3. The molecule has 2 N–H and O–H groups in total. The van der Waals surface area contributed by atoms with Gasteiger partial charge < -0.3 is 10.6 Å². The van der Waals surface area contributed by atoms with Crippen LogP contribution < -0.4 is 10.6 Å². The van der Waals surface area contributed by atoms with Crippen LogP contribution in [0.3, 0.4) is 0 Å². The maximum atomic E-state index is 11.4. The van der Waals surface area contributed by atoms with Crippen molar-refractivity contribution in [3.05, 3.63) is 40.6 Å². The van der Waals surface area contributed by atoms with Gasteiger partial charge in [-0.2, -0.15) is 0 Å². The predicted molar refractivity (Wildman–Crippen MR) is 82.4 cm³/mol. The van der Waals surface area contributed by atoms with Crippen molar-refractivity contribution in [2.45, 2.75) is 25.3 Å². The molecule has 0 radical (unpaired) electrons. The highest BCUT2D eigenvalue weighted by atomic mass is 16.6. The number of anilines is 1. The first-order valence-corrected chi connectivity index (χ1v) is 7.21. The summed E-state index contributed by atoms with van der Waals surface area (Å²) in [6.07, 6.45) is 4.49. The quantitative estimate of drug-likeness (QED) is 0.692. The number of nitrogens with zero attached hydrogens (tertiary/aromatic N) is 3. The van der Waals surface area contributed by atoms with E-state index in [2.05, 4.69) is 9.88 Å². The van der Waals surface area contributed by atoms with Crippen molar-refractivity contribution in [1.82, 2.24) is 4.98 Å². The van der Waals surface area contributed by atoms with E-state index in [1.807, 2.05) is 24.3 Å². The maximum absolute atomic E-state index is 11.4. The Kier molecular flexibility index (Phi) is 3.70. The molecule has 3 rings (SSSR count). The Morgan fingerprint density at radius 3 is 2.95 bits per heavy atom. The molecule has 0 aliphatic carbocycles. The number of aromatic nitrogens is 1. The van der Waals surface area contributed by atoms with E-state index >= 15 is 0 Å². The van der Waals surface area contributed by atoms with Crippen LogP contribution in [0, 0.1) is 10.1 Å². The molecule has 1 unspecified atom stereocenters. The van der Waals surface area contributed by atoms with Gasteiger partial charge >= 0.3 is 5.69 Å². The van der Waals surface area contributed by atoms with Crippen molar-refractivity contribution < 1.29 is 4.92 Å². The number of para-hydroxylation sites is 1. The molecular formula is C15H18N4O2. The van der Waals surface area contributed by atoms with Crippen LogP contribution in [0.2, 0.25) is 0 Å². The molecule has 0 bridgehead atoms. The zero-order valence-corrected chi connectivity index (χ0v) is 11.7. The lowest BCUT2D eigenvalue weighted by atomic mass is 10.00. The predicted octanol–water partition coefficient (Wildman–Crippen LogP) is 2.46. The molecule has 2 aromatic rings. The molecule has 1 aliphatic heterocycles. The number of nitro groups is 1. The molecule has 0 saturated carbocycles. The molecule has 6 heteroatoms. The Bertz CT molecular complexity index is 674. The number of fused-ring (bicyclic) bond motifs is 1. The molecule has 2 heterocycles. The minimum Gasteiger partial charge on any atom is -0.361 e. The van der Waals surface area contributed by atoms with E-state index in [0.717, 1.165) is 36.7 Å². The van der Waals surface area contributed by atoms with Crippen molar-refractivity contribution in [2.75, 3.05) is 18.0 Å². The standard InChI is InChI=1S/C15H18N4O2/c16-9-11-5-3-4-8-18(11)15-12-6-1-2-7-13(12)17-10-14(15)19(20)21/h1-2,6-7,10-11H,3-5,8-9,16H2. The first-order chi connectivity index (χ1) is 10.2. The van der Waals surface area contributed by atoms with E-state index < -0.39 is 0 Å². The second-order valence-electron chi connectivity index (χ2n) is 5.35. The summed E-state index contributed by atoms with van der Waals surface area (Å²) in [6.45, 7) is 1.31. The lowest BCUT2D eigenvalue weighted by Crippen LogP contribution is -2.44. The van der Waals surface area contributed by atoms with Crippen molar-refractivity contribution >= 4 is 22.3 Å². The largest absolute Gasteiger partial charge is 0.361 e. The van der Waals surface area contributed by atoms with Crippen molar-refractivity contribution in [3.63, 3.8) is 0 Å². The number of piperidine rings is 1. The highest BCUT2D eigenvalue weighted by Crippen LogP contribution is 2.37. The van der Waals surface area contributed by atoms with Gasteiger partial charge in [-0.3, -0.25) is 10.1 Å². The smallest absolute Gasteiger partial charge is 0.311 e. The summed E-state index contributed by atoms with van der Waals surface area (Å²) in [7, 11) is 0. The zero-order valence-electron chi connectivity index (χ0n) is 11.7. The van der Waals surface area contributed by atoms with Gasteiger partial charge in [0.25, 0.3) is 0 Å². The first-order valence-electron chi connectivity index (χ1n) is 7.21. The van der Waals surface area contributed by atoms with Crippen LogP contribution in [-0.2, 0) is 0 Å². The highest BCUT2D eigenvalue weighted by Gasteiger charge is 2.29. The van der Waals surface area contributed by atoms with Gasteiger partial charge in [-0.05, 0) is 25.3 Å². The van der Waals surface area contributed by atoms with E-state index in [4.69, 9.17) is 5.73 Å². The summed E-state index contributed by atoms with van der Waals surface area (Å²) in [5, 5.41) is 12.2. The Morgan fingerprint density at radius 2 is 2.19 bits per heavy atom. The van der Waals surface area contributed by atoms with E-state index in [1.54, 1.807) is 0 Å². The molecule has 1 aliphatic rings. The van der Waals surface area contributed by atoms with Crippen LogP contribution in [0.25, 0.3) is 10.9 Å². The fourth-order valence-corrected chi connectivity index (χ4v) is 3.09. The molecule has 0 amide bonds. The lowest BCUT2D eigenvalue weighted by Gasteiger charge is -2.37. The number of benzene rings is 1.